The number of nitrogens with one attached hydrogen (secondary N) is 1. The van der Waals surface area contributed by atoms with Gasteiger partial charge in [0, 0.05) is 0 Å². The molecule has 0 fully saturated rings. The molecule has 0 radical (unpaired) electrons. The number of hydrogen-bond donors (Lipinski definition) is 1. The van der Waals surface area contributed by atoms with Crippen molar-refractivity contribution in [3.63, 3.8) is 0 Å². The van der Waals surface area contributed by atoms with Gasteiger partial charge in [-0.05, 0) is 25.7 Å². The first-order valence-electron chi connectivity index (χ1n) is 6.38. The molecular formula is C13H13F6N3. The zero-order chi connectivity index (χ0) is 16.7. The second kappa shape index (κ2) is 5.45. The van der Waals surface area contributed by atoms with E-state index in [0.29, 0.717) is 12.6 Å². The molecule has 0 spiro atoms. The number of benzene rings is 1. The molecule has 1 aromatic carbocycles. The van der Waals surface area contributed by atoms with E-state index in [1.54, 1.807) is 11.9 Å². The molecule has 1 N–H and O–H groups in total. The van der Waals surface area contributed by atoms with Crippen LogP contribution in [0.3, 0.4) is 0 Å². The van der Waals surface area contributed by atoms with Crippen molar-refractivity contribution in [2.75, 3.05) is 13.6 Å². The number of aromatic amines is 1. The summed E-state index contributed by atoms with van der Waals surface area (Å²) in [4.78, 5) is 8.10. The Balaban J connectivity index is 2.62. The number of nitrogens with zero attached hydrogens (tertiary/aromatic N) is 2. The highest BCUT2D eigenvalue weighted by Gasteiger charge is 2.39. The Morgan fingerprint density at radius 3 is 2.23 bits per heavy atom. The van der Waals surface area contributed by atoms with Crippen molar-refractivity contribution >= 4 is 11.0 Å². The van der Waals surface area contributed by atoms with Gasteiger partial charge in [-0.15, -0.1) is 0 Å². The fourth-order valence-corrected chi connectivity index (χ4v) is 1.99. The molecule has 0 bridgehead atoms. The number of H-pyrrole nitrogens is 1. The number of halogens is 6. The van der Waals surface area contributed by atoms with Crippen LogP contribution >= 0.6 is 0 Å². The molecule has 0 saturated carbocycles. The normalized spacial score (nSPS) is 13.3. The third-order valence-corrected chi connectivity index (χ3v) is 3.23. The minimum Gasteiger partial charge on any atom is -0.341 e. The predicted molar refractivity (Wildman–Crippen MR) is 68.1 cm³/mol. The number of fused-ring (bicyclic) bond motifs is 1. The SMILES string of the molecule is CCN(C)Cc1nc2c(C(F)(F)F)cc(C(F)(F)F)cc2[nH]1. The second-order valence-corrected chi connectivity index (χ2v) is 4.93. The third kappa shape index (κ3) is 3.34. The van der Waals surface area contributed by atoms with Crippen LogP contribution in [0.25, 0.3) is 11.0 Å². The predicted octanol–water partition coefficient (Wildman–Crippen LogP) is 4.05. The molecule has 0 aliphatic rings. The standard InChI is InChI=1S/C13H13F6N3/c1-3-22(2)6-10-20-9-5-7(12(14,15)16)4-8(11(9)21-10)13(17,18)19/h4-5H,3,6H2,1-2H3,(H,20,21). The Hall–Kier alpha value is -1.77. The fraction of sp³-hybridized carbons (Fsp3) is 0.462. The van der Waals surface area contributed by atoms with Gasteiger partial charge >= 0.3 is 12.4 Å². The van der Waals surface area contributed by atoms with Crippen LogP contribution in [-0.4, -0.2) is 28.5 Å². The maximum Gasteiger partial charge on any atom is 0.418 e. The van der Waals surface area contributed by atoms with Gasteiger partial charge in [-0.1, -0.05) is 6.92 Å². The summed E-state index contributed by atoms with van der Waals surface area (Å²) >= 11 is 0. The first kappa shape index (κ1) is 16.6. The molecule has 2 aromatic rings. The summed E-state index contributed by atoms with van der Waals surface area (Å²) in [5.74, 6) is 0.184. The minimum absolute atomic E-state index is 0.0937. The Morgan fingerprint density at radius 1 is 1.09 bits per heavy atom. The van der Waals surface area contributed by atoms with E-state index in [1.807, 2.05) is 6.92 Å². The van der Waals surface area contributed by atoms with Crippen LogP contribution in [-0.2, 0) is 18.9 Å². The maximum absolute atomic E-state index is 13.0. The molecule has 3 nitrogen and oxygen atoms in total. The zero-order valence-electron chi connectivity index (χ0n) is 11.7. The van der Waals surface area contributed by atoms with Crippen molar-refractivity contribution in [1.82, 2.24) is 14.9 Å². The summed E-state index contributed by atoms with van der Waals surface area (Å²) in [6, 6.07) is 0.740. The Bertz CT molecular complexity index is 671. The lowest BCUT2D eigenvalue weighted by Gasteiger charge is -2.11. The molecule has 0 aliphatic heterocycles. The van der Waals surface area contributed by atoms with Crippen molar-refractivity contribution in [3.8, 4) is 0 Å². The van der Waals surface area contributed by atoms with E-state index in [-0.39, 0.29) is 24.0 Å². The van der Waals surface area contributed by atoms with Crippen LogP contribution in [0.15, 0.2) is 12.1 Å². The first-order valence-corrected chi connectivity index (χ1v) is 6.38. The Kier molecular flexibility index (Phi) is 4.12. The van der Waals surface area contributed by atoms with Crippen molar-refractivity contribution in [2.45, 2.75) is 25.8 Å². The summed E-state index contributed by atoms with van der Waals surface area (Å²) in [6.07, 6.45) is -9.78. The third-order valence-electron chi connectivity index (χ3n) is 3.23. The van der Waals surface area contributed by atoms with Gasteiger partial charge in [0.15, 0.2) is 0 Å². The summed E-state index contributed by atoms with van der Waals surface area (Å²) in [5.41, 5.74) is -3.52. The maximum atomic E-state index is 13.0. The van der Waals surface area contributed by atoms with Crippen molar-refractivity contribution in [1.29, 1.82) is 0 Å². The van der Waals surface area contributed by atoms with Crippen molar-refractivity contribution in [3.05, 3.63) is 29.1 Å². The highest BCUT2D eigenvalue weighted by Crippen LogP contribution is 2.39. The van der Waals surface area contributed by atoms with Crippen LogP contribution < -0.4 is 0 Å². The second-order valence-electron chi connectivity index (χ2n) is 4.93. The van der Waals surface area contributed by atoms with E-state index in [1.165, 1.54) is 0 Å². The molecule has 0 atom stereocenters. The van der Waals surface area contributed by atoms with Crippen molar-refractivity contribution < 1.29 is 26.3 Å². The van der Waals surface area contributed by atoms with Gasteiger partial charge in [0.2, 0.25) is 0 Å². The van der Waals surface area contributed by atoms with E-state index < -0.39 is 29.0 Å². The van der Waals surface area contributed by atoms with Gasteiger partial charge < -0.3 is 4.98 Å². The van der Waals surface area contributed by atoms with E-state index in [2.05, 4.69) is 9.97 Å². The highest BCUT2D eigenvalue weighted by molar-refractivity contribution is 5.80. The summed E-state index contributed by atoms with van der Waals surface area (Å²) in [5, 5.41) is 0. The molecular weight excluding hydrogens is 312 g/mol. The van der Waals surface area contributed by atoms with E-state index in [0.717, 1.165) is 0 Å². The molecule has 0 saturated heterocycles. The molecule has 9 heteroatoms. The largest absolute Gasteiger partial charge is 0.418 e. The van der Waals surface area contributed by atoms with Gasteiger partial charge in [-0.3, -0.25) is 4.90 Å². The molecule has 0 unspecified atom stereocenters. The summed E-state index contributed by atoms with van der Waals surface area (Å²) < 4.78 is 77.2. The van der Waals surface area contributed by atoms with Crippen molar-refractivity contribution in [2.24, 2.45) is 0 Å². The lowest BCUT2D eigenvalue weighted by molar-refractivity contribution is -0.142. The molecule has 122 valence electrons. The van der Waals surface area contributed by atoms with E-state index in [4.69, 9.17) is 0 Å². The zero-order valence-corrected chi connectivity index (χ0v) is 11.7. The lowest BCUT2D eigenvalue weighted by Crippen LogP contribution is -2.17. The number of rotatable bonds is 3. The number of aromatic nitrogens is 2. The van der Waals surface area contributed by atoms with Gasteiger partial charge in [-0.2, -0.15) is 26.3 Å². The lowest BCUT2D eigenvalue weighted by atomic mass is 10.1. The highest BCUT2D eigenvalue weighted by atomic mass is 19.4. The van der Waals surface area contributed by atoms with Gasteiger partial charge in [0.25, 0.3) is 0 Å². The van der Waals surface area contributed by atoms with Crippen LogP contribution in [0.1, 0.15) is 23.9 Å². The average molecular weight is 325 g/mol. The summed E-state index contributed by atoms with van der Waals surface area (Å²) in [7, 11) is 1.72. The van der Waals surface area contributed by atoms with Gasteiger partial charge in [-0.25, -0.2) is 4.98 Å². The molecule has 1 heterocycles. The Morgan fingerprint density at radius 2 is 1.73 bits per heavy atom. The first-order chi connectivity index (χ1) is 10.0. The van der Waals surface area contributed by atoms with Crippen LogP contribution in [0, 0.1) is 0 Å². The average Bonchev–Trinajstić information content (AvgIpc) is 2.76. The molecule has 0 amide bonds. The molecule has 0 aliphatic carbocycles. The molecule has 22 heavy (non-hydrogen) atoms. The van der Waals surface area contributed by atoms with Gasteiger partial charge in [0.1, 0.15) is 11.3 Å². The number of imidazole rings is 1. The fourth-order valence-electron chi connectivity index (χ4n) is 1.99. The van der Waals surface area contributed by atoms with E-state index >= 15 is 0 Å². The smallest absolute Gasteiger partial charge is 0.341 e. The molecule has 1 aromatic heterocycles. The summed E-state index contributed by atoms with van der Waals surface area (Å²) in [6.45, 7) is 2.67. The van der Waals surface area contributed by atoms with Gasteiger partial charge in [0.05, 0.1) is 23.2 Å². The Labute approximate surface area is 121 Å². The topological polar surface area (TPSA) is 31.9 Å². The number of hydrogen-bond acceptors (Lipinski definition) is 2. The number of alkyl halides is 6. The van der Waals surface area contributed by atoms with Crippen LogP contribution in [0.5, 0.6) is 0 Å². The molecule has 2 rings (SSSR count). The minimum atomic E-state index is -4.91. The quantitative estimate of drug-likeness (QED) is 0.863. The van der Waals surface area contributed by atoms with E-state index in [9.17, 15) is 26.3 Å². The monoisotopic (exact) mass is 325 g/mol. The van der Waals surface area contributed by atoms with Crippen LogP contribution in [0.2, 0.25) is 0 Å². The van der Waals surface area contributed by atoms with Crippen LogP contribution in [0.4, 0.5) is 26.3 Å².